The first-order valence-corrected chi connectivity index (χ1v) is 10.2. The van der Waals surface area contributed by atoms with Gasteiger partial charge in [-0.3, -0.25) is 14.5 Å². The van der Waals surface area contributed by atoms with Crippen molar-refractivity contribution in [2.75, 3.05) is 19.6 Å². The molecule has 2 heterocycles. The number of likely N-dealkylation sites (tertiary alicyclic amines) is 1. The Labute approximate surface area is 163 Å². The summed E-state index contributed by atoms with van der Waals surface area (Å²) in [5, 5.41) is 3.06. The first-order chi connectivity index (χ1) is 12.7. The highest BCUT2D eigenvalue weighted by Crippen LogP contribution is 2.25. The van der Waals surface area contributed by atoms with Crippen molar-refractivity contribution in [2.45, 2.75) is 65.1 Å². The Morgan fingerprint density at radius 3 is 2.33 bits per heavy atom. The van der Waals surface area contributed by atoms with Crippen molar-refractivity contribution in [3.8, 4) is 0 Å². The lowest BCUT2D eigenvalue weighted by molar-refractivity contribution is -0.138. The van der Waals surface area contributed by atoms with Crippen LogP contribution in [0.1, 0.15) is 51.7 Å². The summed E-state index contributed by atoms with van der Waals surface area (Å²) in [5.74, 6) is 0.445. The number of nitrogens with zero attached hydrogens (tertiary/aromatic N) is 2. The van der Waals surface area contributed by atoms with Crippen LogP contribution in [0.15, 0.2) is 24.3 Å². The van der Waals surface area contributed by atoms with Gasteiger partial charge in [-0.1, -0.05) is 24.3 Å². The molecule has 3 rings (SSSR count). The van der Waals surface area contributed by atoms with Crippen LogP contribution in [0.4, 0.5) is 0 Å². The van der Waals surface area contributed by atoms with Crippen molar-refractivity contribution in [3.63, 3.8) is 0 Å². The van der Waals surface area contributed by atoms with Gasteiger partial charge in [-0.2, -0.15) is 0 Å². The summed E-state index contributed by atoms with van der Waals surface area (Å²) in [4.78, 5) is 29.6. The van der Waals surface area contributed by atoms with Crippen molar-refractivity contribution in [1.82, 2.24) is 15.1 Å². The zero-order chi connectivity index (χ0) is 19.6. The molecule has 1 saturated heterocycles. The second kappa shape index (κ2) is 8.01. The monoisotopic (exact) mass is 371 g/mol. The molecular weight excluding hydrogens is 338 g/mol. The maximum absolute atomic E-state index is 13.0. The van der Waals surface area contributed by atoms with Crippen LogP contribution in [0.2, 0.25) is 0 Å². The molecule has 2 aliphatic heterocycles. The summed E-state index contributed by atoms with van der Waals surface area (Å²) in [6.07, 6.45) is 2.62. The van der Waals surface area contributed by atoms with E-state index in [0.29, 0.717) is 0 Å². The van der Waals surface area contributed by atoms with Gasteiger partial charge in [0.25, 0.3) is 0 Å². The lowest BCUT2D eigenvalue weighted by Gasteiger charge is -2.38. The van der Waals surface area contributed by atoms with Gasteiger partial charge >= 0.3 is 0 Å². The third kappa shape index (κ3) is 4.89. The highest BCUT2D eigenvalue weighted by Gasteiger charge is 2.33. The number of benzene rings is 1. The quantitative estimate of drug-likeness (QED) is 0.889. The average Bonchev–Trinajstić information content (AvgIpc) is 2.65. The average molecular weight is 372 g/mol. The van der Waals surface area contributed by atoms with Gasteiger partial charge in [0.1, 0.15) is 0 Å². The number of rotatable bonds is 3. The number of hydrogen-bond acceptors (Lipinski definition) is 3. The number of fused-ring (bicyclic) bond motifs is 1. The molecule has 2 amide bonds. The molecule has 0 spiro atoms. The smallest absolute Gasteiger partial charge is 0.237 e. The summed E-state index contributed by atoms with van der Waals surface area (Å²) in [6.45, 7) is 11.1. The number of hydrogen-bond donors (Lipinski definition) is 1. The van der Waals surface area contributed by atoms with Crippen LogP contribution in [-0.4, -0.2) is 52.8 Å². The van der Waals surface area contributed by atoms with E-state index in [1.807, 2.05) is 32.6 Å². The van der Waals surface area contributed by atoms with Gasteiger partial charge in [-0.15, -0.1) is 0 Å². The Bertz CT molecular complexity index is 687. The zero-order valence-corrected chi connectivity index (χ0v) is 17.1. The topological polar surface area (TPSA) is 52.7 Å². The molecule has 1 atom stereocenters. The Balaban J connectivity index is 1.52. The zero-order valence-electron chi connectivity index (χ0n) is 17.1. The standard InChI is InChI=1S/C22H33N3O2/c1-16(20(26)23-22(2,3)4)24-12-10-18(11-13-24)21(27)25-14-9-17-7-5-6-8-19(17)15-25/h5-8,16,18H,9-15H2,1-4H3,(H,23,26)/t16-/m0/s1. The maximum atomic E-state index is 13.0. The Morgan fingerprint density at radius 1 is 1.07 bits per heavy atom. The molecule has 1 aromatic carbocycles. The lowest BCUT2D eigenvalue weighted by atomic mass is 9.92. The lowest BCUT2D eigenvalue weighted by Crippen LogP contribution is -2.53. The van der Waals surface area contributed by atoms with E-state index in [1.54, 1.807) is 0 Å². The van der Waals surface area contributed by atoms with Crippen LogP contribution in [0.5, 0.6) is 0 Å². The highest BCUT2D eigenvalue weighted by molar-refractivity contribution is 5.82. The van der Waals surface area contributed by atoms with Gasteiger partial charge in [-0.05, 0) is 71.2 Å². The van der Waals surface area contributed by atoms with E-state index < -0.39 is 0 Å². The molecule has 148 valence electrons. The van der Waals surface area contributed by atoms with Crippen LogP contribution in [-0.2, 0) is 22.6 Å². The normalized spacial score (nSPS) is 20.1. The summed E-state index contributed by atoms with van der Waals surface area (Å²) in [5.41, 5.74) is 2.43. The summed E-state index contributed by atoms with van der Waals surface area (Å²) in [7, 11) is 0. The maximum Gasteiger partial charge on any atom is 0.237 e. The molecule has 0 aliphatic carbocycles. The molecule has 1 fully saturated rings. The van der Waals surface area contributed by atoms with Gasteiger partial charge in [0.2, 0.25) is 11.8 Å². The predicted molar refractivity (Wildman–Crippen MR) is 107 cm³/mol. The fourth-order valence-electron chi connectivity index (χ4n) is 4.12. The van der Waals surface area contributed by atoms with Crippen molar-refractivity contribution in [1.29, 1.82) is 0 Å². The van der Waals surface area contributed by atoms with E-state index in [9.17, 15) is 9.59 Å². The van der Waals surface area contributed by atoms with Gasteiger partial charge in [0.15, 0.2) is 0 Å². The molecule has 2 aliphatic rings. The third-order valence-electron chi connectivity index (χ3n) is 5.75. The number of amides is 2. The molecule has 0 bridgehead atoms. The largest absolute Gasteiger partial charge is 0.350 e. The molecule has 1 aromatic rings. The van der Waals surface area contributed by atoms with Crippen molar-refractivity contribution < 1.29 is 9.59 Å². The first kappa shape index (κ1) is 19.9. The van der Waals surface area contributed by atoms with Crippen LogP contribution in [0, 0.1) is 5.92 Å². The number of nitrogens with one attached hydrogen (secondary N) is 1. The van der Waals surface area contributed by atoms with E-state index in [1.165, 1.54) is 11.1 Å². The number of carbonyl (C=O) groups is 2. The Morgan fingerprint density at radius 2 is 1.70 bits per heavy atom. The molecule has 1 N–H and O–H groups in total. The number of piperidine rings is 1. The molecule has 0 unspecified atom stereocenters. The van der Waals surface area contributed by atoms with E-state index in [-0.39, 0.29) is 29.3 Å². The van der Waals surface area contributed by atoms with Crippen molar-refractivity contribution >= 4 is 11.8 Å². The van der Waals surface area contributed by atoms with E-state index in [4.69, 9.17) is 0 Å². The van der Waals surface area contributed by atoms with E-state index >= 15 is 0 Å². The van der Waals surface area contributed by atoms with Gasteiger partial charge < -0.3 is 10.2 Å². The second-order valence-corrected chi connectivity index (χ2v) is 9.00. The van der Waals surface area contributed by atoms with E-state index in [0.717, 1.165) is 45.4 Å². The Hall–Kier alpha value is -1.88. The predicted octanol–water partition coefficient (Wildman–Crippen LogP) is 2.59. The molecule has 0 saturated carbocycles. The Kier molecular flexibility index (Phi) is 5.89. The summed E-state index contributed by atoms with van der Waals surface area (Å²) >= 11 is 0. The highest BCUT2D eigenvalue weighted by atomic mass is 16.2. The fourth-order valence-corrected chi connectivity index (χ4v) is 4.12. The number of carbonyl (C=O) groups excluding carboxylic acids is 2. The summed E-state index contributed by atoms with van der Waals surface area (Å²) in [6, 6.07) is 8.27. The SMILES string of the molecule is C[C@@H](C(=O)NC(C)(C)C)N1CCC(C(=O)N2CCc3ccccc3C2)CC1. The minimum Gasteiger partial charge on any atom is -0.350 e. The van der Waals surface area contributed by atoms with Gasteiger partial charge in [0.05, 0.1) is 6.04 Å². The van der Waals surface area contributed by atoms with Crippen LogP contribution < -0.4 is 5.32 Å². The summed E-state index contributed by atoms with van der Waals surface area (Å²) < 4.78 is 0. The second-order valence-electron chi connectivity index (χ2n) is 9.00. The fraction of sp³-hybridized carbons (Fsp3) is 0.636. The van der Waals surface area contributed by atoms with E-state index in [2.05, 4.69) is 34.5 Å². The molecule has 27 heavy (non-hydrogen) atoms. The van der Waals surface area contributed by atoms with Gasteiger partial charge in [0, 0.05) is 24.5 Å². The van der Waals surface area contributed by atoms with Gasteiger partial charge in [-0.25, -0.2) is 0 Å². The molecule has 0 aromatic heterocycles. The first-order valence-electron chi connectivity index (χ1n) is 10.2. The molecular formula is C22H33N3O2. The van der Waals surface area contributed by atoms with Crippen LogP contribution >= 0.6 is 0 Å². The third-order valence-corrected chi connectivity index (χ3v) is 5.75. The van der Waals surface area contributed by atoms with Crippen molar-refractivity contribution in [2.24, 2.45) is 5.92 Å². The minimum atomic E-state index is -0.218. The van der Waals surface area contributed by atoms with Crippen molar-refractivity contribution in [3.05, 3.63) is 35.4 Å². The molecule has 5 nitrogen and oxygen atoms in total. The molecule has 5 heteroatoms. The van der Waals surface area contributed by atoms with Crippen LogP contribution in [0.25, 0.3) is 0 Å². The minimum absolute atomic E-state index is 0.0694. The molecule has 0 radical (unpaired) electrons. The van der Waals surface area contributed by atoms with Crippen LogP contribution in [0.3, 0.4) is 0 Å².